The maximum absolute atomic E-state index is 12.6. The monoisotopic (exact) mass is 368 g/mol. The summed E-state index contributed by atoms with van der Waals surface area (Å²) in [5, 5.41) is 6.16. The highest BCUT2D eigenvalue weighted by molar-refractivity contribution is 6.03. The number of aromatic nitrogens is 2. The summed E-state index contributed by atoms with van der Waals surface area (Å²) in [5.74, 6) is 1.00. The lowest BCUT2D eigenvalue weighted by Crippen LogP contribution is -2.22. The van der Waals surface area contributed by atoms with Gasteiger partial charge in [0.05, 0.1) is 0 Å². The van der Waals surface area contributed by atoms with Crippen molar-refractivity contribution in [1.29, 1.82) is 0 Å². The third-order valence-corrected chi connectivity index (χ3v) is 4.53. The fraction of sp³-hybridized carbons (Fsp3) is 0.450. The van der Waals surface area contributed by atoms with Gasteiger partial charge in [-0.05, 0) is 58.1 Å². The van der Waals surface area contributed by atoms with E-state index < -0.39 is 0 Å². The predicted octanol–water partition coefficient (Wildman–Crippen LogP) is 2.61. The highest BCUT2D eigenvalue weighted by atomic mass is 16.1. The third-order valence-electron chi connectivity index (χ3n) is 4.53. The first-order valence-corrected chi connectivity index (χ1v) is 9.42. The van der Waals surface area contributed by atoms with Crippen molar-refractivity contribution >= 4 is 23.1 Å². The smallest absolute Gasteiger partial charge is 0.274 e. The minimum absolute atomic E-state index is 0.231. The van der Waals surface area contributed by atoms with Gasteiger partial charge in [0.15, 0.2) is 0 Å². The molecule has 2 N–H and O–H groups in total. The second-order valence-electron chi connectivity index (χ2n) is 7.11. The number of benzene rings is 1. The third kappa shape index (κ3) is 5.40. The SMILES string of the molecule is Cc1nc(NCCN(C)C)cc(C(=O)Nc2ccc(N3CCCC3)cc2)n1. The number of hydrogen-bond acceptors (Lipinski definition) is 6. The maximum atomic E-state index is 12.6. The van der Waals surface area contributed by atoms with Gasteiger partial charge in [-0.15, -0.1) is 0 Å². The molecule has 3 rings (SSSR count). The normalized spacial score (nSPS) is 13.9. The van der Waals surface area contributed by atoms with Crippen LogP contribution in [0.5, 0.6) is 0 Å². The molecule has 27 heavy (non-hydrogen) atoms. The van der Waals surface area contributed by atoms with Crippen molar-refractivity contribution in [1.82, 2.24) is 14.9 Å². The molecule has 0 saturated carbocycles. The van der Waals surface area contributed by atoms with Gasteiger partial charge in [-0.1, -0.05) is 0 Å². The molecule has 1 saturated heterocycles. The number of nitrogens with one attached hydrogen (secondary N) is 2. The van der Waals surface area contributed by atoms with Gasteiger partial charge in [-0.2, -0.15) is 0 Å². The molecular weight excluding hydrogens is 340 g/mol. The quantitative estimate of drug-likeness (QED) is 0.783. The zero-order chi connectivity index (χ0) is 19.2. The van der Waals surface area contributed by atoms with E-state index >= 15 is 0 Å². The molecule has 2 heterocycles. The second-order valence-corrected chi connectivity index (χ2v) is 7.11. The van der Waals surface area contributed by atoms with E-state index in [0.717, 1.165) is 31.9 Å². The number of likely N-dealkylation sites (N-methyl/N-ethyl adjacent to an activating group) is 1. The van der Waals surface area contributed by atoms with Crippen LogP contribution in [0.25, 0.3) is 0 Å². The Bertz CT molecular complexity index is 769. The van der Waals surface area contributed by atoms with E-state index in [9.17, 15) is 4.79 Å². The van der Waals surface area contributed by atoms with Crippen molar-refractivity contribution in [2.75, 3.05) is 55.8 Å². The van der Waals surface area contributed by atoms with Crippen LogP contribution in [-0.2, 0) is 0 Å². The molecule has 2 aromatic rings. The van der Waals surface area contributed by atoms with Crippen LogP contribution in [0.4, 0.5) is 17.2 Å². The van der Waals surface area contributed by atoms with Gasteiger partial charge < -0.3 is 20.4 Å². The molecule has 0 atom stereocenters. The number of carbonyl (C=O) groups is 1. The molecule has 7 heteroatoms. The number of rotatable bonds is 7. The molecule has 7 nitrogen and oxygen atoms in total. The number of amides is 1. The number of carbonyl (C=O) groups excluding carboxylic acids is 1. The topological polar surface area (TPSA) is 73.4 Å². The standard InChI is InChI=1S/C20H28N6O/c1-15-22-18(14-19(23-15)21-10-13-25(2)3)20(27)24-16-6-8-17(9-7-16)26-11-4-5-12-26/h6-9,14H,4-5,10-13H2,1-3H3,(H,24,27)(H,21,22,23). The molecule has 0 unspecified atom stereocenters. The van der Waals surface area contributed by atoms with E-state index in [1.165, 1.54) is 18.5 Å². The highest BCUT2D eigenvalue weighted by Crippen LogP contribution is 2.22. The number of hydrogen-bond donors (Lipinski definition) is 2. The Balaban J connectivity index is 1.63. The van der Waals surface area contributed by atoms with Gasteiger partial charge in [0.25, 0.3) is 5.91 Å². The number of aryl methyl sites for hydroxylation is 1. The molecule has 0 spiro atoms. The fourth-order valence-corrected chi connectivity index (χ4v) is 3.11. The van der Waals surface area contributed by atoms with Crippen LogP contribution in [0.2, 0.25) is 0 Å². The van der Waals surface area contributed by atoms with Gasteiger partial charge in [0, 0.05) is 43.6 Å². The molecule has 1 aliphatic rings. The van der Waals surface area contributed by atoms with E-state index in [2.05, 4.69) is 42.5 Å². The van der Waals surface area contributed by atoms with Crippen molar-refractivity contribution in [3.63, 3.8) is 0 Å². The van der Waals surface area contributed by atoms with Gasteiger partial charge in [0.1, 0.15) is 17.3 Å². The van der Waals surface area contributed by atoms with Crippen molar-refractivity contribution in [3.05, 3.63) is 41.9 Å². The second kappa shape index (κ2) is 8.81. The van der Waals surface area contributed by atoms with Crippen LogP contribution in [0.3, 0.4) is 0 Å². The minimum Gasteiger partial charge on any atom is -0.372 e. The Kier molecular flexibility index (Phi) is 6.24. The molecule has 0 aliphatic carbocycles. The molecule has 1 aromatic carbocycles. The summed E-state index contributed by atoms with van der Waals surface area (Å²) < 4.78 is 0. The van der Waals surface area contributed by atoms with Gasteiger partial charge in [-0.25, -0.2) is 9.97 Å². The average Bonchev–Trinajstić information content (AvgIpc) is 3.16. The summed E-state index contributed by atoms with van der Waals surface area (Å²) in [6.07, 6.45) is 2.49. The number of anilines is 3. The predicted molar refractivity (Wildman–Crippen MR) is 110 cm³/mol. The first-order valence-electron chi connectivity index (χ1n) is 9.42. The maximum Gasteiger partial charge on any atom is 0.274 e. The van der Waals surface area contributed by atoms with E-state index in [0.29, 0.717) is 17.3 Å². The molecule has 1 fully saturated rings. The van der Waals surface area contributed by atoms with E-state index in [4.69, 9.17) is 0 Å². The molecule has 144 valence electrons. The van der Waals surface area contributed by atoms with Crippen LogP contribution < -0.4 is 15.5 Å². The summed E-state index contributed by atoms with van der Waals surface area (Å²) in [5.41, 5.74) is 2.33. The zero-order valence-corrected chi connectivity index (χ0v) is 16.3. The van der Waals surface area contributed by atoms with Gasteiger partial charge in [0.2, 0.25) is 0 Å². The van der Waals surface area contributed by atoms with Gasteiger partial charge >= 0.3 is 0 Å². The van der Waals surface area contributed by atoms with E-state index in [1.54, 1.807) is 13.0 Å². The molecular formula is C20H28N6O. The average molecular weight is 368 g/mol. The van der Waals surface area contributed by atoms with Crippen molar-refractivity contribution in [2.45, 2.75) is 19.8 Å². The van der Waals surface area contributed by atoms with Crippen molar-refractivity contribution in [3.8, 4) is 0 Å². The first kappa shape index (κ1) is 19.1. The summed E-state index contributed by atoms with van der Waals surface area (Å²) in [7, 11) is 4.03. The summed E-state index contributed by atoms with van der Waals surface area (Å²) in [6.45, 7) is 5.64. The van der Waals surface area contributed by atoms with Crippen LogP contribution >= 0.6 is 0 Å². The van der Waals surface area contributed by atoms with E-state index in [1.807, 2.05) is 26.2 Å². The minimum atomic E-state index is -0.231. The lowest BCUT2D eigenvalue weighted by atomic mass is 10.2. The lowest BCUT2D eigenvalue weighted by Gasteiger charge is -2.17. The van der Waals surface area contributed by atoms with Crippen molar-refractivity contribution in [2.24, 2.45) is 0 Å². The van der Waals surface area contributed by atoms with Crippen LogP contribution in [-0.4, -0.2) is 61.0 Å². The Morgan fingerprint density at radius 3 is 2.52 bits per heavy atom. The molecule has 1 aromatic heterocycles. The molecule has 1 aliphatic heterocycles. The van der Waals surface area contributed by atoms with Crippen LogP contribution in [0, 0.1) is 6.92 Å². The largest absolute Gasteiger partial charge is 0.372 e. The number of nitrogens with zero attached hydrogens (tertiary/aromatic N) is 4. The van der Waals surface area contributed by atoms with E-state index in [-0.39, 0.29) is 5.91 Å². The molecule has 1 amide bonds. The Morgan fingerprint density at radius 1 is 1.15 bits per heavy atom. The Hall–Kier alpha value is -2.67. The lowest BCUT2D eigenvalue weighted by molar-refractivity contribution is 0.102. The molecule has 0 bridgehead atoms. The summed E-state index contributed by atoms with van der Waals surface area (Å²) in [4.78, 5) is 25.7. The zero-order valence-electron chi connectivity index (χ0n) is 16.3. The van der Waals surface area contributed by atoms with Crippen LogP contribution in [0.1, 0.15) is 29.2 Å². The molecule has 0 radical (unpaired) electrons. The van der Waals surface area contributed by atoms with Crippen molar-refractivity contribution < 1.29 is 4.79 Å². The Morgan fingerprint density at radius 2 is 1.85 bits per heavy atom. The first-order chi connectivity index (χ1) is 13.0. The Labute approximate surface area is 160 Å². The summed E-state index contributed by atoms with van der Waals surface area (Å²) in [6, 6.07) is 9.68. The van der Waals surface area contributed by atoms with Crippen LogP contribution in [0.15, 0.2) is 30.3 Å². The fourth-order valence-electron chi connectivity index (χ4n) is 3.11. The summed E-state index contributed by atoms with van der Waals surface area (Å²) >= 11 is 0. The highest BCUT2D eigenvalue weighted by Gasteiger charge is 2.13. The van der Waals surface area contributed by atoms with Gasteiger partial charge in [-0.3, -0.25) is 4.79 Å².